The highest BCUT2D eigenvalue weighted by molar-refractivity contribution is 5.66. The minimum absolute atomic E-state index is 0.289. The van der Waals surface area contributed by atoms with E-state index in [0.29, 0.717) is 12.3 Å². The van der Waals surface area contributed by atoms with Crippen molar-refractivity contribution in [3.63, 3.8) is 0 Å². The number of hydrogen-bond acceptors (Lipinski definition) is 1. The van der Waals surface area contributed by atoms with Crippen LogP contribution in [0.25, 0.3) is 0 Å². The maximum atomic E-state index is 10.6. The van der Waals surface area contributed by atoms with E-state index in [4.69, 9.17) is 5.11 Å². The van der Waals surface area contributed by atoms with Crippen LogP contribution in [0, 0.1) is 11.8 Å². The molecule has 86 valence electrons. The van der Waals surface area contributed by atoms with Crippen LogP contribution in [0.3, 0.4) is 0 Å². The largest absolute Gasteiger partial charge is 0.481 e. The number of benzene rings is 1. The molecular weight excluding hydrogens is 200 g/mol. The van der Waals surface area contributed by atoms with Gasteiger partial charge in [0.25, 0.3) is 0 Å². The summed E-state index contributed by atoms with van der Waals surface area (Å²) < 4.78 is 0. The fraction of sp³-hybridized carbons (Fsp3) is 0.500. The van der Waals surface area contributed by atoms with Crippen molar-refractivity contribution in [1.82, 2.24) is 0 Å². The van der Waals surface area contributed by atoms with Crippen LogP contribution in [0.2, 0.25) is 0 Å². The molecule has 1 unspecified atom stereocenters. The molecule has 1 N–H and O–H groups in total. The van der Waals surface area contributed by atoms with E-state index >= 15 is 0 Å². The molecule has 2 rings (SSSR count). The molecule has 0 saturated heterocycles. The van der Waals surface area contributed by atoms with Crippen LogP contribution >= 0.6 is 0 Å². The standard InChI is InChI=1S/C14H18O2/c1-10(7-14(15)16)6-11-8-12-4-2-3-5-13(12)9-11/h2-5,10-11H,6-9H2,1H3,(H,15,16). The van der Waals surface area contributed by atoms with Crippen molar-refractivity contribution in [2.24, 2.45) is 11.8 Å². The van der Waals surface area contributed by atoms with Gasteiger partial charge in [-0.2, -0.15) is 0 Å². The predicted molar refractivity (Wildman–Crippen MR) is 63.4 cm³/mol. The van der Waals surface area contributed by atoms with Gasteiger partial charge in [-0.05, 0) is 42.2 Å². The van der Waals surface area contributed by atoms with Crippen molar-refractivity contribution in [1.29, 1.82) is 0 Å². The van der Waals surface area contributed by atoms with Crippen LogP contribution < -0.4 is 0 Å². The summed E-state index contributed by atoms with van der Waals surface area (Å²) in [7, 11) is 0. The van der Waals surface area contributed by atoms with Crippen LogP contribution in [-0.4, -0.2) is 11.1 Å². The monoisotopic (exact) mass is 218 g/mol. The van der Waals surface area contributed by atoms with Crippen LogP contribution in [0.4, 0.5) is 0 Å². The van der Waals surface area contributed by atoms with E-state index in [1.807, 2.05) is 6.92 Å². The van der Waals surface area contributed by atoms with Gasteiger partial charge in [0.05, 0.1) is 0 Å². The van der Waals surface area contributed by atoms with Gasteiger partial charge in [0.1, 0.15) is 0 Å². The van der Waals surface area contributed by atoms with E-state index in [2.05, 4.69) is 24.3 Å². The minimum Gasteiger partial charge on any atom is -0.481 e. The quantitative estimate of drug-likeness (QED) is 0.843. The lowest BCUT2D eigenvalue weighted by atomic mass is 9.91. The molecule has 1 aromatic carbocycles. The third-order valence-corrected chi connectivity index (χ3v) is 3.39. The fourth-order valence-electron chi connectivity index (χ4n) is 2.77. The first kappa shape index (κ1) is 11.2. The Morgan fingerprint density at radius 1 is 1.38 bits per heavy atom. The number of rotatable bonds is 4. The second-order valence-electron chi connectivity index (χ2n) is 4.98. The lowest BCUT2D eigenvalue weighted by Crippen LogP contribution is -2.10. The molecule has 0 spiro atoms. The molecule has 2 heteroatoms. The highest BCUT2D eigenvalue weighted by Crippen LogP contribution is 2.31. The normalized spacial score (nSPS) is 17.1. The number of fused-ring (bicyclic) bond motifs is 1. The van der Waals surface area contributed by atoms with Gasteiger partial charge in [-0.25, -0.2) is 0 Å². The van der Waals surface area contributed by atoms with Crippen molar-refractivity contribution in [3.05, 3.63) is 35.4 Å². The molecule has 0 radical (unpaired) electrons. The summed E-state index contributed by atoms with van der Waals surface area (Å²) in [4.78, 5) is 10.6. The predicted octanol–water partition coefficient (Wildman–Crippen LogP) is 2.90. The maximum absolute atomic E-state index is 10.6. The van der Waals surface area contributed by atoms with E-state index in [-0.39, 0.29) is 5.92 Å². The number of carbonyl (C=O) groups is 1. The summed E-state index contributed by atoms with van der Waals surface area (Å²) in [5.74, 6) is 0.256. The van der Waals surface area contributed by atoms with Gasteiger partial charge in [-0.3, -0.25) is 4.79 Å². The SMILES string of the molecule is CC(CC(=O)O)CC1Cc2ccccc2C1. The van der Waals surface area contributed by atoms with Gasteiger partial charge in [-0.15, -0.1) is 0 Å². The third-order valence-electron chi connectivity index (χ3n) is 3.39. The highest BCUT2D eigenvalue weighted by atomic mass is 16.4. The van der Waals surface area contributed by atoms with Crippen molar-refractivity contribution in [2.45, 2.75) is 32.6 Å². The molecule has 0 bridgehead atoms. The van der Waals surface area contributed by atoms with Crippen LogP contribution in [-0.2, 0) is 17.6 Å². The molecule has 2 nitrogen and oxygen atoms in total. The van der Waals surface area contributed by atoms with Gasteiger partial charge < -0.3 is 5.11 Å². The summed E-state index contributed by atoms with van der Waals surface area (Å²) in [6, 6.07) is 8.55. The zero-order valence-electron chi connectivity index (χ0n) is 9.65. The average molecular weight is 218 g/mol. The van der Waals surface area contributed by atoms with E-state index in [1.54, 1.807) is 0 Å². The van der Waals surface area contributed by atoms with Gasteiger partial charge >= 0.3 is 5.97 Å². The Morgan fingerprint density at radius 3 is 2.44 bits per heavy atom. The second-order valence-corrected chi connectivity index (χ2v) is 4.98. The Bertz CT molecular complexity index is 359. The Hall–Kier alpha value is -1.31. The van der Waals surface area contributed by atoms with E-state index in [0.717, 1.165) is 19.3 Å². The van der Waals surface area contributed by atoms with E-state index in [9.17, 15) is 4.79 Å². The Labute approximate surface area is 96.3 Å². The van der Waals surface area contributed by atoms with Crippen molar-refractivity contribution in [2.75, 3.05) is 0 Å². The van der Waals surface area contributed by atoms with Gasteiger partial charge in [0.15, 0.2) is 0 Å². The topological polar surface area (TPSA) is 37.3 Å². The first-order valence-corrected chi connectivity index (χ1v) is 5.93. The van der Waals surface area contributed by atoms with Crippen LogP contribution in [0.5, 0.6) is 0 Å². The Balaban J connectivity index is 1.89. The summed E-state index contributed by atoms with van der Waals surface area (Å²) in [6.07, 6.45) is 3.58. The summed E-state index contributed by atoms with van der Waals surface area (Å²) in [6.45, 7) is 2.04. The van der Waals surface area contributed by atoms with Crippen LogP contribution in [0.1, 0.15) is 30.9 Å². The lowest BCUT2D eigenvalue weighted by Gasteiger charge is -2.14. The zero-order valence-corrected chi connectivity index (χ0v) is 9.65. The van der Waals surface area contributed by atoms with Gasteiger partial charge in [0.2, 0.25) is 0 Å². The average Bonchev–Trinajstić information content (AvgIpc) is 2.57. The molecule has 0 amide bonds. The van der Waals surface area contributed by atoms with Crippen molar-refractivity contribution >= 4 is 5.97 Å². The molecule has 1 aliphatic rings. The molecular formula is C14H18O2. The highest BCUT2D eigenvalue weighted by Gasteiger charge is 2.23. The number of carboxylic acid groups (broad SMARTS) is 1. The number of hydrogen-bond donors (Lipinski definition) is 1. The third kappa shape index (κ3) is 2.63. The summed E-state index contributed by atoms with van der Waals surface area (Å²) >= 11 is 0. The summed E-state index contributed by atoms with van der Waals surface area (Å²) in [5, 5.41) is 8.73. The number of aliphatic carboxylic acids is 1. The fourth-order valence-corrected chi connectivity index (χ4v) is 2.77. The molecule has 1 atom stereocenters. The Kier molecular flexibility index (Phi) is 3.28. The number of carboxylic acids is 1. The molecule has 0 heterocycles. The van der Waals surface area contributed by atoms with Gasteiger partial charge in [0, 0.05) is 6.42 Å². The van der Waals surface area contributed by atoms with Gasteiger partial charge in [-0.1, -0.05) is 31.2 Å². The lowest BCUT2D eigenvalue weighted by molar-refractivity contribution is -0.138. The molecule has 0 saturated carbocycles. The van der Waals surface area contributed by atoms with E-state index in [1.165, 1.54) is 11.1 Å². The molecule has 0 aliphatic heterocycles. The molecule has 0 aromatic heterocycles. The van der Waals surface area contributed by atoms with E-state index < -0.39 is 5.97 Å². The second kappa shape index (κ2) is 4.69. The first-order valence-electron chi connectivity index (χ1n) is 5.93. The van der Waals surface area contributed by atoms with Crippen LogP contribution in [0.15, 0.2) is 24.3 Å². The maximum Gasteiger partial charge on any atom is 0.303 e. The van der Waals surface area contributed by atoms with Crippen molar-refractivity contribution < 1.29 is 9.90 Å². The summed E-state index contributed by atoms with van der Waals surface area (Å²) in [5.41, 5.74) is 2.91. The first-order chi connectivity index (χ1) is 7.65. The smallest absolute Gasteiger partial charge is 0.303 e. The minimum atomic E-state index is -0.678. The zero-order chi connectivity index (χ0) is 11.5. The molecule has 1 aliphatic carbocycles. The molecule has 0 fully saturated rings. The molecule has 16 heavy (non-hydrogen) atoms. The van der Waals surface area contributed by atoms with Crippen molar-refractivity contribution in [3.8, 4) is 0 Å². The molecule has 1 aromatic rings. The Morgan fingerprint density at radius 2 is 1.94 bits per heavy atom.